The molecule has 0 aliphatic heterocycles. The van der Waals surface area contributed by atoms with Gasteiger partial charge in [0, 0.05) is 17.7 Å². The van der Waals surface area contributed by atoms with Gasteiger partial charge in [-0.1, -0.05) is 18.2 Å². The predicted molar refractivity (Wildman–Crippen MR) is 89.7 cm³/mol. The molecule has 0 spiro atoms. The Morgan fingerprint density at radius 3 is 1.72 bits per heavy atom. The Hall–Kier alpha value is -3.22. The Morgan fingerprint density at radius 2 is 1.36 bits per heavy atom. The van der Waals surface area contributed by atoms with Crippen molar-refractivity contribution in [3.63, 3.8) is 0 Å². The number of hydrogen-bond acceptors (Lipinski definition) is 6. The van der Waals surface area contributed by atoms with Crippen LogP contribution >= 0.6 is 0 Å². The second kappa shape index (κ2) is 9.82. The van der Waals surface area contributed by atoms with Crippen molar-refractivity contribution in [3.8, 4) is 0 Å². The van der Waals surface area contributed by atoms with Gasteiger partial charge in [-0.15, -0.1) is 0 Å². The van der Waals surface area contributed by atoms with Gasteiger partial charge in [0.05, 0.1) is 13.2 Å². The van der Waals surface area contributed by atoms with Gasteiger partial charge < -0.3 is 14.6 Å². The van der Waals surface area contributed by atoms with Crippen LogP contribution in [0.3, 0.4) is 0 Å². The maximum absolute atomic E-state index is 12.0. The summed E-state index contributed by atoms with van der Waals surface area (Å²) in [5, 5.41) is 9.03. The summed E-state index contributed by atoms with van der Waals surface area (Å²) in [4.78, 5) is 46.0. The van der Waals surface area contributed by atoms with Gasteiger partial charge in [0.1, 0.15) is 0 Å². The highest BCUT2D eigenvalue weighted by atomic mass is 16.5. The second-order valence-electron chi connectivity index (χ2n) is 4.62. The first kappa shape index (κ1) is 19.8. The fraction of sp³-hybridized carbons (Fsp3) is 0.222. The number of carbonyl (C=O) groups is 4. The Morgan fingerprint density at radius 1 is 0.920 bits per heavy atom. The van der Waals surface area contributed by atoms with Gasteiger partial charge >= 0.3 is 17.9 Å². The summed E-state index contributed by atoms with van der Waals surface area (Å²) in [6.45, 7) is 3.66. The molecule has 132 valence electrons. The quantitative estimate of drug-likeness (QED) is 0.332. The molecule has 0 saturated carbocycles. The van der Waals surface area contributed by atoms with E-state index in [1.807, 2.05) is 0 Å². The predicted octanol–water partition coefficient (Wildman–Crippen LogP) is 2.11. The van der Waals surface area contributed by atoms with E-state index in [0.29, 0.717) is 0 Å². The first-order chi connectivity index (χ1) is 11.9. The molecule has 0 heterocycles. The molecule has 25 heavy (non-hydrogen) atoms. The molecule has 7 heteroatoms. The van der Waals surface area contributed by atoms with Gasteiger partial charge in [0.2, 0.25) is 0 Å². The van der Waals surface area contributed by atoms with E-state index in [0.717, 1.165) is 12.2 Å². The van der Waals surface area contributed by atoms with Crippen LogP contribution in [0.1, 0.15) is 35.3 Å². The van der Waals surface area contributed by atoms with Crippen LogP contribution in [0.2, 0.25) is 0 Å². The summed E-state index contributed by atoms with van der Waals surface area (Å²) in [6.07, 6.45) is 4.76. The van der Waals surface area contributed by atoms with E-state index in [9.17, 15) is 19.2 Å². The van der Waals surface area contributed by atoms with Crippen LogP contribution in [0.5, 0.6) is 0 Å². The lowest BCUT2D eigenvalue weighted by Gasteiger charge is -2.07. The lowest BCUT2D eigenvalue weighted by Crippen LogP contribution is -2.15. The average Bonchev–Trinajstić information content (AvgIpc) is 2.58. The summed E-state index contributed by atoms with van der Waals surface area (Å²) in [6, 6.07) is 4.52. The molecule has 0 bridgehead atoms. The molecule has 0 atom stereocenters. The lowest BCUT2D eigenvalue weighted by atomic mass is 9.96. The molecule has 0 fully saturated rings. The van der Waals surface area contributed by atoms with E-state index in [1.54, 1.807) is 19.9 Å². The molecular formula is C18H18O7. The highest BCUT2D eigenvalue weighted by Gasteiger charge is 2.20. The van der Waals surface area contributed by atoms with Crippen LogP contribution in [-0.2, 0) is 23.9 Å². The summed E-state index contributed by atoms with van der Waals surface area (Å²) in [5.41, 5.74) is 0.286. The topological polar surface area (TPSA) is 107 Å². The molecular weight excluding hydrogens is 328 g/mol. The molecule has 1 rings (SSSR count). The van der Waals surface area contributed by atoms with Crippen molar-refractivity contribution in [1.29, 1.82) is 0 Å². The van der Waals surface area contributed by atoms with Crippen molar-refractivity contribution in [3.05, 3.63) is 47.0 Å². The normalized spacial score (nSPS) is 10.8. The number of carbonyl (C=O) groups excluding carboxylic acids is 3. The Kier molecular flexibility index (Phi) is 7.78. The molecule has 0 aromatic heterocycles. The maximum atomic E-state index is 12.0. The second-order valence-corrected chi connectivity index (χ2v) is 4.62. The van der Waals surface area contributed by atoms with Gasteiger partial charge in [-0.2, -0.15) is 0 Å². The fourth-order valence-electron chi connectivity index (χ4n) is 1.93. The number of hydrogen-bond donors (Lipinski definition) is 1. The van der Waals surface area contributed by atoms with E-state index < -0.39 is 23.7 Å². The first-order valence-corrected chi connectivity index (χ1v) is 7.51. The SMILES string of the molecule is CCOC(=O)/C=C/c1cccc(/C=C/C(=O)OCC)c1C(=O)C(=O)O. The zero-order valence-corrected chi connectivity index (χ0v) is 13.9. The number of carboxylic acids is 1. The fourth-order valence-corrected chi connectivity index (χ4v) is 1.93. The maximum Gasteiger partial charge on any atom is 0.377 e. The van der Waals surface area contributed by atoms with E-state index in [1.165, 1.54) is 24.3 Å². The van der Waals surface area contributed by atoms with Gasteiger partial charge in [0.25, 0.3) is 5.78 Å². The number of ether oxygens (including phenoxy) is 2. The van der Waals surface area contributed by atoms with Crippen LogP contribution in [0.15, 0.2) is 30.4 Å². The molecule has 0 aliphatic carbocycles. The Labute approximate surface area is 144 Å². The molecule has 1 aromatic rings. The number of carboxylic acid groups (broad SMARTS) is 1. The zero-order chi connectivity index (χ0) is 18.8. The minimum absolute atomic E-state index is 0.143. The van der Waals surface area contributed by atoms with E-state index in [-0.39, 0.29) is 29.9 Å². The highest BCUT2D eigenvalue weighted by Crippen LogP contribution is 2.19. The van der Waals surface area contributed by atoms with Gasteiger partial charge in [-0.3, -0.25) is 4.79 Å². The number of ketones is 1. The third-order valence-electron chi connectivity index (χ3n) is 2.92. The zero-order valence-electron chi connectivity index (χ0n) is 13.9. The standard InChI is InChI=1S/C18H18O7/c1-3-24-14(19)10-8-12-6-5-7-13(9-11-15(20)25-4-2)16(12)17(21)18(22)23/h5-11H,3-4H2,1-2H3,(H,22,23)/b10-8+,11-9+. The third kappa shape index (κ3) is 6.06. The van der Waals surface area contributed by atoms with Crippen molar-refractivity contribution < 1.29 is 33.8 Å². The van der Waals surface area contributed by atoms with E-state index >= 15 is 0 Å². The molecule has 0 radical (unpaired) electrons. The van der Waals surface area contributed by atoms with Gasteiger partial charge in [-0.25, -0.2) is 14.4 Å². The average molecular weight is 346 g/mol. The van der Waals surface area contributed by atoms with Crippen molar-refractivity contribution in [2.75, 3.05) is 13.2 Å². The van der Waals surface area contributed by atoms with Gasteiger partial charge in [0.15, 0.2) is 0 Å². The van der Waals surface area contributed by atoms with Crippen molar-refractivity contribution in [1.82, 2.24) is 0 Å². The molecule has 0 unspecified atom stereocenters. The van der Waals surface area contributed by atoms with Crippen molar-refractivity contribution >= 4 is 35.8 Å². The minimum Gasteiger partial charge on any atom is -0.475 e. The monoisotopic (exact) mass is 346 g/mol. The lowest BCUT2D eigenvalue weighted by molar-refractivity contribution is -0.138. The van der Waals surface area contributed by atoms with Crippen molar-refractivity contribution in [2.24, 2.45) is 0 Å². The molecule has 1 N–H and O–H groups in total. The van der Waals surface area contributed by atoms with Crippen LogP contribution in [0.4, 0.5) is 0 Å². The Bertz CT molecular complexity index is 683. The van der Waals surface area contributed by atoms with Crippen LogP contribution < -0.4 is 0 Å². The molecule has 0 aliphatic rings. The highest BCUT2D eigenvalue weighted by molar-refractivity contribution is 6.41. The molecule has 0 amide bonds. The minimum atomic E-state index is -1.65. The van der Waals surface area contributed by atoms with Gasteiger partial charge in [-0.05, 0) is 37.1 Å². The van der Waals surface area contributed by atoms with E-state index in [4.69, 9.17) is 14.6 Å². The molecule has 1 aromatic carbocycles. The first-order valence-electron chi connectivity index (χ1n) is 7.51. The molecule has 0 saturated heterocycles. The number of Topliss-reactive ketones (excluding diaryl/α,β-unsaturated/α-hetero) is 1. The number of benzene rings is 1. The largest absolute Gasteiger partial charge is 0.475 e. The van der Waals surface area contributed by atoms with Crippen LogP contribution in [-0.4, -0.2) is 42.0 Å². The Balaban J connectivity index is 3.31. The van der Waals surface area contributed by atoms with Crippen molar-refractivity contribution in [2.45, 2.75) is 13.8 Å². The summed E-state index contributed by atoms with van der Waals surface area (Å²) in [5.74, 6) is -4.05. The summed E-state index contributed by atoms with van der Waals surface area (Å²) < 4.78 is 9.49. The van der Waals surface area contributed by atoms with E-state index in [2.05, 4.69) is 0 Å². The van der Waals surface area contributed by atoms with Crippen LogP contribution in [0.25, 0.3) is 12.2 Å². The third-order valence-corrected chi connectivity index (χ3v) is 2.92. The van der Waals surface area contributed by atoms with Crippen LogP contribution in [0, 0.1) is 0 Å². The smallest absolute Gasteiger partial charge is 0.377 e. The molecule has 7 nitrogen and oxygen atoms in total. The number of aliphatic carboxylic acids is 1. The number of rotatable bonds is 8. The number of esters is 2. The summed E-state index contributed by atoms with van der Waals surface area (Å²) >= 11 is 0. The summed E-state index contributed by atoms with van der Waals surface area (Å²) in [7, 11) is 0.